The van der Waals surface area contributed by atoms with Gasteiger partial charge in [0, 0.05) is 86.0 Å². The molecule has 0 unspecified atom stereocenters. The van der Waals surface area contributed by atoms with Gasteiger partial charge in [-0.3, -0.25) is 29.2 Å². The second-order valence-electron chi connectivity index (χ2n) is 20.1. The van der Waals surface area contributed by atoms with E-state index < -0.39 is 35.4 Å². The van der Waals surface area contributed by atoms with Crippen molar-refractivity contribution in [2.24, 2.45) is 21.3 Å². The first-order chi connectivity index (χ1) is 34.2. The van der Waals surface area contributed by atoms with Crippen LogP contribution < -0.4 is 15.6 Å². The summed E-state index contributed by atoms with van der Waals surface area (Å²) in [7, 11) is 1.61. The van der Waals surface area contributed by atoms with Crippen molar-refractivity contribution in [1.29, 1.82) is 0 Å². The molecule has 2 fully saturated rings. The maximum Gasteiger partial charge on any atom is 0.324 e. The first-order valence-corrected chi connectivity index (χ1v) is 25.3. The number of morpholine rings is 1. The minimum atomic E-state index is -1.03. The van der Waals surface area contributed by atoms with Crippen LogP contribution in [0.15, 0.2) is 95.2 Å². The van der Waals surface area contributed by atoms with Crippen LogP contribution in [0.4, 0.5) is 11.4 Å². The molecule has 0 aliphatic carbocycles. The van der Waals surface area contributed by atoms with E-state index in [0.29, 0.717) is 44.7 Å². The number of rotatable bonds is 12. The number of fused-ring (bicyclic) bond motifs is 6. The van der Waals surface area contributed by atoms with Crippen molar-refractivity contribution >= 4 is 52.0 Å². The molecule has 3 amide bonds. The highest BCUT2D eigenvalue weighted by molar-refractivity contribution is 5.96. The van der Waals surface area contributed by atoms with Crippen molar-refractivity contribution < 1.29 is 28.7 Å². The van der Waals surface area contributed by atoms with Gasteiger partial charge in [0.2, 0.25) is 11.8 Å². The van der Waals surface area contributed by atoms with E-state index in [0.717, 1.165) is 70.6 Å². The van der Waals surface area contributed by atoms with Gasteiger partial charge in [-0.25, -0.2) is 10.4 Å². The third-order valence-electron chi connectivity index (χ3n) is 14.0. The third kappa shape index (κ3) is 11.8. The number of hydrazine groups is 1. The van der Waals surface area contributed by atoms with Gasteiger partial charge in [0.25, 0.3) is 5.91 Å². The molecule has 3 aliphatic heterocycles. The van der Waals surface area contributed by atoms with Crippen LogP contribution in [-0.4, -0.2) is 120 Å². The molecule has 374 valence electrons. The average molecular weight is 964 g/mol. The topological polar surface area (TPSA) is 163 Å². The normalized spacial score (nSPS) is 18.8. The minimum absolute atomic E-state index is 0.0357. The number of benzene rings is 3. The summed E-state index contributed by atoms with van der Waals surface area (Å²) in [6.07, 6.45) is 6.55. The zero-order valence-electron chi connectivity index (χ0n) is 42.4. The molecule has 15 nitrogen and oxygen atoms in total. The molecule has 2 N–H and O–H groups in total. The first kappa shape index (κ1) is 50.7. The largest absolute Gasteiger partial charge is 0.464 e. The monoisotopic (exact) mass is 964 g/mol. The molecule has 6 bridgehead atoms. The van der Waals surface area contributed by atoms with E-state index in [1.54, 1.807) is 7.05 Å². The number of esters is 1. The van der Waals surface area contributed by atoms with Crippen LogP contribution in [0.1, 0.15) is 77.5 Å². The Balaban J connectivity index is 1.06. The fourth-order valence-electron chi connectivity index (χ4n) is 10.2. The summed E-state index contributed by atoms with van der Waals surface area (Å²) < 4.78 is 14.0. The van der Waals surface area contributed by atoms with E-state index in [4.69, 9.17) is 9.47 Å². The number of likely N-dealkylation sites (N-methyl/N-ethyl adjacent to an activating group) is 1. The van der Waals surface area contributed by atoms with Crippen LogP contribution >= 0.6 is 0 Å². The number of aryl methyl sites for hydroxylation is 2. The number of aromatic nitrogens is 2. The van der Waals surface area contributed by atoms with Crippen LogP contribution in [0.2, 0.25) is 0 Å². The predicted octanol–water partition coefficient (Wildman–Crippen LogP) is 7.82. The Morgan fingerprint density at radius 3 is 2.52 bits per heavy atom. The van der Waals surface area contributed by atoms with Gasteiger partial charge in [-0.2, -0.15) is 4.99 Å². The number of hydrogen-bond donors (Lipinski definition) is 2. The molecule has 2 saturated heterocycles. The van der Waals surface area contributed by atoms with Gasteiger partial charge in [0.05, 0.1) is 43.8 Å². The number of carbonyl (C=O) groups excluding carboxylic acids is 4. The first-order valence-electron chi connectivity index (χ1n) is 25.3. The van der Waals surface area contributed by atoms with Gasteiger partial charge < -0.3 is 29.2 Å². The number of cyclic esters (lactones) is 1. The fourth-order valence-corrected chi connectivity index (χ4v) is 10.2. The smallest absolute Gasteiger partial charge is 0.324 e. The number of aliphatic imine (C=N–C) groups is 2. The summed E-state index contributed by atoms with van der Waals surface area (Å²) in [5.74, 6) is -1.85. The molecule has 3 aliphatic rings. The maximum atomic E-state index is 14.7. The number of carbonyl (C=O) groups is 4. The van der Waals surface area contributed by atoms with Crippen LogP contribution in [-0.2, 0) is 54.5 Å². The van der Waals surface area contributed by atoms with E-state index in [1.807, 2.05) is 62.6 Å². The van der Waals surface area contributed by atoms with Gasteiger partial charge in [0.15, 0.2) is 0 Å². The highest BCUT2D eigenvalue weighted by atomic mass is 16.5. The number of nitrogens with zero attached hydrogens (tertiary/aromatic N) is 7. The second kappa shape index (κ2) is 22.6. The molecule has 0 saturated carbocycles. The van der Waals surface area contributed by atoms with Crippen molar-refractivity contribution in [2.75, 3.05) is 57.9 Å². The zero-order valence-corrected chi connectivity index (χ0v) is 42.4. The lowest BCUT2D eigenvalue weighted by molar-refractivity contribution is -0.155. The van der Waals surface area contributed by atoms with Crippen molar-refractivity contribution in [2.45, 2.75) is 105 Å². The predicted molar refractivity (Wildman–Crippen MR) is 277 cm³/mol. The van der Waals surface area contributed by atoms with Crippen LogP contribution in [0.25, 0.3) is 33.3 Å². The SMILES string of the molecule is CCc1ccncc1-c1c2c3cc(ccc3n1CC)-c1cccc(c1)C[C@H](NC(=O)[C@H](C(C)C)N(C)C(=O)CCN=C=Nc1ccc(N3CCOCC3)cc1)C(=O)N1CCC[C@H](N1)C(=O)OCC(C)(C)C2. The molecule has 8 rings (SSSR count). The Kier molecular flexibility index (Phi) is 16.1. The second-order valence-corrected chi connectivity index (χ2v) is 20.1. The molecule has 5 aromatic rings. The molecule has 0 spiro atoms. The number of anilines is 1. The highest BCUT2D eigenvalue weighted by Gasteiger charge is 2.37. The van der Waals surface area contributed by atoms with Gasteiger partial charge >= 0.3 is 5.97 Å². The number of nitrogens with one attached hydrogen (secondary N) is 2. The molecular formula is C56H69N9O6. The molecule has 3 atom stereocenters. The van der Waals surface area contributed by atoms with Crippen molar-refractivity contribution in [3.05, 3.63) is 102 Å². The lowest BCUT2D eigenvalue weighted by Crippen LogP contribution is -2.62. The Bertz CT molecular complexity index is 2790. The lowest BCUT2D eigenvalue weighted by Gasteiger charge is -2.36. The van der Waals surface area contributed by atoms with E-state index in [2.05, 4.69) is 105 Å². The van der Waals surface area contributed by atoms with Gasteiger partial charge in [-0.15, -0.1) is 0 Å². The summed E-state index contributed by atoms with van der Waals surface area (Å²) >= 11 is 0. The number of amides is 3. The average Bonchev–Trinajstić information content (AvgIpc) is 3.68. The van der Waals surface area contributed by atoms with Crippen molar-refractivity contribution in [3.63, 3.8) is 0 Å². The van der Waals surface area contributed by atoms with Crippen molar-refractivity contribution in [3.8, 4) is 22.4 Å². The van der Waals surface area contributed by atoms with E-state index in [1.165, 1.54) is 21.0 Å². The Labute approximate surface area is 417 Å². The number of hydrogen-bond acceptors (Lipinski definition) is 11. The molecule has 5 heterocycles. The van der Waals surface area contributed by atoms with Crippen molar-refractivity contribution in [1.82, 2.24) is 30.2 Å². The summed E-state index contributed by atoms with van der Waals surface area (Å²) in [6, 6.07) is 24.6. The Hall–Kier alpha value is -6.67. The third-order valence-corrected chi connectivity index (χ3v) is 14.0. The van der Waals surface area contributed by atoms with Crippen LogP contribution in [0.3, 0.4) is 0 Å². The zero-order chi connectivity index (χ0) is 50.2. The molecule has 15 heteroatoms. The van der Waals surface area contributed by atoms with Crippen LogP contribution in [0, 0.1) is 11.3 Å². The Morgan fingerprint density at radius 2 is 1.77 bits per heavy atom. The lowest BCUT2D eigenvalue weighted by atomic mass is 9.84. The quantitative estimate of drug-likeness (QED) is 0.0938. The van der Waals surface area contributed by atoms with Gasteiger partial charge in [-0.1, -0.05) is 65.0 Å². The summed E-state index contributed by atoms with van der Waals surface area (Å²) in [6.45, 7) is 16.8. The minimum Gasteiger partial charge on any atom is -0.464 e. The number of ether oxygens (including phenoxy) is 2. The standard InChI is InChI=1S/C56H69N9O6/c1-8-39-21-23-57-34-46(39)52-45-33-56(5,6)35-71-55(69)47-14-11-25-65(61-47)54(68)48(31-38-12-10-13-40(30-38)41-15-20-49(44(45)32-41)64(52)9-2)60-53(67)51(37(3)4)62(7)50(66)22-24-58-36-59-42-16-18-43(19-17-42)63-26-28-70-29-27-63/h10,12-13,15-21,23,30,32,34,37,47-48,51,61H,8-9,11,14,22,24-29,31,33,35H2,1-7H3,(H,60,67)/t47-,48-,51-/m0/s1. The van der Waals surface area contributed by atoms with E-state index >= 15 is 0 Å². The fraction of sp³-hybridized carbons (Fsp3) is 0.464. The molecule has 0 radical (unpaired) electrons. The summed E-state index contributed by atoms with van der Waals surface area (Å²) in [4.78, 5) is 73.7. The number of pyridine rings is 1. The molecular weight excluding hydrogens is 895 g/mol. The van der Waals surface area contributed by atoms with Crippen LogP contribution in [0.5, 0.6) is 0 Å². The highest BCUT2D eigenvalue weighted by Crippen LogP contribution is 2.41. The maximum absolute atomic E-state index is 14.7. The molecule has 2 aromatic heterocycles. The molecule has 71 heavy (non-hydrogen) atoms. The van der Waals surface area contributed by atoms with Gasteiger partial charge in [0.1, 0.15) is 18.1 Å². The van der Waals surface area contributed by atoms with E-state index in [9.17, 15) is 19.2 Å². The Morgan fingerprint density at radius 1 is 1.00 bits per heavy atom. The summed E-state index contributed by atoms with van der Waals surface area (Å²) in [5, 5.41) is 5.64. The molecule has 3 aromatic carbocycles. The summed E-state index contributed by atoms with van der Waals surface area (Å²) in [5.41, 5.74) is 13.0. The van der Waals surface area contributed by atoms with Gasteiger partial charge in [-0.05, 0) is 109 Å². The van der Waals surface area contributed by atoms with E-state index in [-0.39, 0.29) is 43.7 Å².